The number of aliphatic imine (C=N–C) groups is 1. The number of hydrogen-bond donors (Lipinski definition) is 8. The molecule has 0 aromatic carbocycles. The third-order valence-corrected chi connectivity index (χ3v) is 3.98. The van der Waals surface area contributed by atoms with Gasteiger partial charge in [0.1, 0.15) is 12.1 Å². The van der Waals surface area contributed by atoms with Gasteiger partial charge in [0.25, 0.3) is 0 Å². The van der Waals surface area contributed by atoms with Gasteiger partial charge in [0.05, 0.1) is 6.54 Å². The molecule has 13 nitrogen and oxygen atoms in total. The van der Waals surface area contributed by atoms with Crippen LogP contribution in [0.4, 0.5) is 0 Å². The van der Waals surface area contributed by atoms with Crippen LogP contribution in [0, 0.1) is 0 Å². The summed E-state index contributed by atoms with van der Waals surface area (Å²) in [5.74, 6) is -2.93. The largest absolute Gasteiger partial charge is 0.480 e. The van der Waals surface area contributed by atoms with E-state index in [1.165, 1.54) is 0 Å². The van der Waals surface area contributed by atoms with Crippen molar-refractivity contribution in [1.29, 1.82) is 0 Å². The first-order valence-corrected chi connectivity index (χ1v) is 9.76. The van der Waals surface area contributed by atoms with E-state index in [1.807, 2.05) is 0 Å². The van der Waals surface area contributed by atoms with E-state index in [0.717, 1.165) is 0 Å². The molecule has 0 aliphatic carbocycles. The Kier molecular flexibility index (Phi) is 14.4. The summed E-state index contributed by atoms with van der Waals surface area (Å²) >= 11 is 0. The number of hydrogen-bond acceptors (Lipinski definition) is 7. The molecule has 0 aliphatic heterocycles. The van der Waals surface area contributed by atoms with Gasteiger partial charge in [0.2, 0.25) is 17.7 Å². The predicted octanol–water partition coefficient (Wildman–Crippen LogP) is -3.31. The average Bonchev–Trinajstić information content (AvgIpc) is 2.67. The van der Waals surface area contributed by atoms with Gasteiger partial charge in [-0.25, -0.2) is 4.79 Å². The van der Waals surface area contributed by atoms with Crippen molar-refractivity contribution < 1.29 is 24.3 Å². The highest BCUT2D eigenvalue weighted by Crippen LogP contribution is 2.04. The van der Waals surface area contributed by atoms with Gasteiger partial charge in [-0.2, -0.15) is 0 Å². The Bertz CT molecular complexity index is 595. The van der Waals surface area contributed by atoms with Crippen LogP contribution in [0.15, 0.2) is 4.99 Å². The standard InChI is InChI=1S/C17H34N8O5/c18-7-2-1-4-12(16(29)30)25-15(28)11(5-3-9-22-17(20)21)24-14(27)10-23-13(26)6-8-19/h11-12H,1-10,18-19H2,(H,23,26)(H,24,27)(H,25,28)(H,29,30)(H4,20,21,22)/t11-,12-/m0/s1. The maximum Gasteiger partial charge on any atom is 0.326 e. The van der Waals surface area contributed by atoms with Crippen LogP contribution in [0.25, 0.3) is 0 Å². The summed E-state index contributed by atoms with van der Waals surface area (Å²) in [6, 6.07) is -2.13. The molecule has 0 spiro atoms. The van der Waals surface area contributed by atoms with Gasteiger partial charge in [0.15, 0.2) is 5.96 Å². The first kappa shape index (κ1) is 27.1. The number of carbonyl (C=O) groups excluding carboxylic acids is 3. The summed E-state index contributed by atoms with van der Waals surface area (Å²) in [5, 5.41) is 16.6. The van der Waals surface area contributed by atoms with E-state index < -0.39 is 35.8 Å². The summed E-state index contributed by atoms with van der Waals surface area (Å²) in [6.45, 7) is 0.451. The van der Waals surface area contributed by atoms with Crippen molar-refractivity contribution in [1.82, 2.24) is 16.0 Å². The third kappa shape index (κ3) is 13.3. The molecule has 0 aromatic rings. The van der Waals surface area contributed by atoms with Crippen molar-refractivity contribution in [3.63, 3.8) is 0 Å². The Balaban J connectivity index is 4.95. The highest BCUT2D eigenvalue weighted by Gasteiger charge is 2.26. The van der Waals surface area contributed by atoms with Crippen molar-refractivity contribution in [2.24, 2.45) is 27.9 Å². The molecule has 0 aromatic heterocycles. The maximum absolute atomic E-state index is 12.6. The molecular weight excluding hydrogens is 396 g/mol. The summed E-state index contributed by atoms with van der Waals surface area (Å²) in [7, 11) is 0. The fraction of sp³-hybridized carbons (Fsp3) is 0.706. The second-order valence-corrected chi connectivity index (χ2v) is 6.57. The van der Waals surface area contributed by atoms with Gasteiger partial charge in [-0.15, -0.1) is 0 Å². The lowest BCUT2D eigenvalue weighted by Gasteiger charge is -2.21. The number of amides is 3. The lowest BCUT2D eigenvalue weighted by atomic mass is 10.1. The van der Waals surface area contributed by atoms with E-state index in [4.69, 9.17) is 22.9 Å². The molecular formula is C17H34N8O5. The molecule has 172 valence electrons. The van der Waals surface area contributed by atoms with Crippen LogP contribution >= 0.6 is 0 Å². The minimum absolute atomic E-state index is 0.0683. The molecule has 0 unspecified atom stereocenters. The van der Waals surface area contributed by atoms with Gasteiger partial charge >= 0.3 is 5.97 Å². The van der Waals surface area contributed by atoms with Gasteiger partial charge in [-0.3, -0.25) is 19.4 Å². The Labute approximate surface area is 175 Å². The highest BCUT2D eigenvalue weighted by molar-refractivity contribution is 5.91. The van der Waals surface area contributed by atoms with E-state index >= 15 is 0 Å². The van der Waals surface area contributed by atoms with E-state index in [9.17, 15) is 24.3 Å². The minimum Gasteiger partial charge on any atom is -0.480 e. The van der Waals surface area contributed by atoms with E-state index in [-0.39, 0.29) is 44.9 Å². The summed E-state index contributed by atoms with van der Waals surface area (Å²) < 4.78 is 0. The first-order valence-electron chi connectivity index (χ1n) is 9.76. The monoisotopic (exact) mass is 430 g/mol. The lowest BCUT2D eigenvalue weighted by Crippen LogP contribution is -2.53. The lowest BCUT2D eigenvalue weighted by molar-refractivity contribution is -0.142. The summed E-state index contributed by atoms with van der Waals surface area (Å²) in [4.78, 5) is 51.3. The van der Waals surface area contributed by atoms with Gasteiger partial charge in [0, 0.05) is 19.5 Å². The molecule has 2 atom stereocenters. The number of nitrogens with zero attached hydrogens (tertiary/aromatic N) is 1. The van der Waals surface area contributed by atoms with Crippen LogP contribution in [-0.2, 0) is 19.2 Å². The highest BCUT2D eigenvalue weighted by atomic mass is 16.4. The van der Waals surface area contributed by atoms with E-state index in [2.05, 4.69) is 20.9 Å². The molecule has 30 heavy (non-hydrogen) atoms. The normalized spacial score (nSPS) is 12.3. The smallest absolute Gasteiger partial charge is 0.326 e. The zero-order valence-corrected chi connectivity index (χ0v) is 17.1. The van der Waals surface area contributed by atoms with E-state index in [0.29, 0.717) is 25.8 Å². The second-order valence-electron chi connectivity index (χ2n) is 6.57. The predicted molar refractivity (Wildman–Crippen MR) is 111 cm³/mol. The Morgan fingerprint density at radius 3 is 2.10 bits per heavy atom. The topological polar surface area (TPSA) is 241 Å². The molecule has 0 radical (unpaired) electrons. The number of aliphatic carboxylic acids is 1. The van der Waals surface area contributed by atoms with E-state index in [1.54, 1.807) is 0 Å². The Morgan fingerprint density at radius 2 is 1.53 bits per heavy atom. The van der Waals surface area contributed by atoms with Crippen LogP contribution in [0.5, 0.6) is 0 Å². The van der Waals surface area contributed by atoms with Gasteiger partial charge < -0.3 is 44.0 Å². The fourth-order valence-electron chi connectivity index (χ4n) is 2.44. The average molecular weight is 431 g/mol. The van der Waals surface area contributed by atoms with Crippen molar-refractivity contribution >= 4 is 29.7 Å². The number of carbonyl (C=O) groups is 4. The van der Waals surface area contributed by atoms with Crippen molar-refractivity contribution in [3.05, 3.63) is 0 Å². The number of rotatable bonds is 16. The molecule has 0 heterocycles. The van der Waals surface area contributed by atoms with Crippen LogP contribution in [-0.4, -0.2) is 73.0 Å². The number of carboxylic acids is 1. The number of nitrogens with one attached hydrogen (secondary N) is 3. The molecule has 0 saturated heterocycles. The second kappa shape index (κ2) is 15.9. The number of carboxylic acid groups (broad SMARTS) is 1. The third-order valence-electron chi connectivity index (χ3n) is 3.98. The van der Waals surface area contributed by atoms with Gasteiger partial charge in [-0.1, -0.05) is 0 Å². The Morgan fingerprint density at radius 1 is 0.867 bits per heavy atom. The molecule has 0 saturated carbocycles. The number of unbranched alkanes of at least 4 members (excludes halogenated alkanes) is 1. The number of nitrogens with two attached hydrogens (primary N) is 4. The summed E-state index contributed by atoms with van der Waals surface area (Å²) in [6.07, 6.45) is 1.96. The molecule has 0 rings (SSSR count). The van der Waals surface area contributed by atoms with Crippen LogP contribution in [0.3, 0.4) is 0 Å². The molecule has 12 N–H and O–H groups in total. The molecule has 0 aliphatic rings. The van der Waals surface area contributed by atoms with Crippen LogP contribution in [0.2, 0.25) is 0 Å². The van der Waals surface area contributed by atoms with Crippen LogP contribution < -0.4 is 38.9 Å². The van der Waals surface area contributed by atoms with Crippen molar-refractivity contribution in [2.75, 3.05) is 26.2 Å². The fourth-order valence-corrected chi connectivity index (χ4v) is 2.44. The van der Waals surface area contributed by atoms with Crippen molar-refractivity contribution in [3.8, 4) is 0 Å². The zero-order valence-electron chi connectivity index (χ0n) is 17.1. The molecule has 0 bridgehead atoms. The number of guanidine groups is 1. The maximum atomic E-state index is 12.6. The zero-order chi connectivity index (χ0) is 22.9. The van der Waals surface area contributed by atoms with Gasteiger partial charge in [-0.05, 0) is 38.6 Å². The van der Waals surface area contributed by atoms with Crippen LogP contribution in [0.1, 0.15) is 38.5 Å². The first-order chi connectivity index (χ1) is 14.2. The Hall–Kier alpha value is -2.93. The summed E-state index contributed by atoms with van der Waals surface area (Å²) in [5.41, 5.74) is 21.2. The minimum atomic E-state index is -1.18. The van der Waals surface area contributed by atoms with Crippen molar-refractivity contribution in [2.45, 2.75) is 50.6 Å². The molecule has 13 heteroatoms. The molecule has 0 fully saturated rings. The SMILES string of the molecule is NCCCC[C@H](NC(=O)[C@H](CCCN=C(N)N)NC(=O)CNC(=O)CCN)C(=O)O. The quantitative estimate of drug-likeness (QED) is 0.0693. The molecule has 3 amide bonds.